The Morgan fingerprint density at radius 3 is 2.26 bits per heavy atom. The summed E-state index contributed by atoms with van der Waals surface area (Å²) in [5.74, 6) is 1.14. The van der Waals surface area contributed by atoms with Crippen LogP contribution in [0.1, 0.15) is 128 Å². The molecule has 1 unspecified atom stereocenters. The minimum atomic E-state index is -0.328. The number of nitrogens with zero attached hydrogens (tertiary/aromatic N) is 2. The predicted octanol–water partition coefficient (Wildman–Crippen LogP) is 11.4. The van der Waals surface area contributed by atoms with E-state index >= 15 is 0 Å². The van der Waals surface area contributed by atoms with Crippen LogP contribution in [0.3, 0.4) is 0 Å². The number of rotatable bonds is 7. The first-order chi connectivity index (χ1) is 21.8. The van der Waals surface area contributed by atoms with Gasteiger partial charge in [-0.2, -0.15) is 4.57 Å². The van der Waals surface area contributed by atoms with Crippen molar-refractivity contribution in [2.45, 2.75) is 126 Å². The Bertz CT molecular complexity index is 1970. The molecule has 46 heavy (non-hydrogen) atoms. The summed E-state index contributed by atoms with van der Waals surface area (Å²) in [5, 5.41) is 4.16. The molecule has 2 aliphatic carbocycles. The van der Waals surface area contributed by atoms with E-state index in [-0.39, 0.29) is 16.4 Å². The van der Waals surface area contributed by atoms with E-state index in [2.05, 4.69) is 129 Å². The number of fused-ring (bicyclic) bond motifs is 4. The summed E-state index contributed by atoms with van der Waals surface area (Å²) in [4.78, 5) is 5.81. The number of hydrogen-bond donors (Lipinski definition) is 0. The Morgan fingerprint density at radius 2 is 1.61 bits per heavy atom. The summed E-state index contributed by atoms with van der Waals surface area (Å²) in [6.45, 7) is 26.1. The summed E-state index contributed by atoms with van der Waals surface area (Å²) in [7, 11) is 0. The second-order valence-electron chi connectivity index (χ2n) is 16.7. The highest BCUT2D eigenvalue weighted by atomic mass is 15.1. The van der Waals surface area contributed by atoms with Crippen LogP contribution in [-0.2, 0) is 17.4 Å². The van der Waals surface area contributed by atoms with E-state index in [4.69, 9.17) is 4.98 Å². The van der Waals surface area contributed by atoms with E-state index in [1.807, 2.05) is 0 Å². The Labute approximate surface area is 278 Å². The zero-order chi connectivity index (χ0) is 32.9. The maximum atomic E-state index is 5.81. The van der Waals surface area contributed by atoms with Crippen molar-refractivity contribution in [3.05, 3.63) is 93.3 Å². The van der Waals surface area contributed by atoms with Crippen molar-refractivity contribution in [3.63, 3.8) is 0 Å². The molecule has 4 aromatic rings. The van der Waals surface area contributed by atoms with Crippen molar-refractivity contribution >= 4 is 21.7 Å². The van der Waals surface area contributed by atoms with Crippen LogP contribution >= 0.6 is 0 Å². The fourth-order valence-electron chi connectivity index (χ4n) is 9.74. The third kappa shape index (κ3) is 4.41. The first-order valence-electron chi connectivity index (χ1n) is 18.2. The largest absolute Gasteiger partial charge is 0.244 e. The average Bonchev–Trinajstić information content (AvgIpc) is 3.23. The first kappa shape index (κ1) is 31.3. The van der Waals surface area contributed by atoms with Crippen LogP contribution in [0.15, 0.2) is 59.8 Å². The van der Waals surface area contributed by atoms with Gasteiger partial charge in [0.05, 0.1) is 16.5 Å². The van der Waals surface area contributed by atoms with Gasteiger partial charge in [0.2, 0.25) is 11.2 Å². The molecule has 0 bridgehead atoms. The van der Waals surface area contributed by atoms with Crippen molar-refractivity contribution in [2.24, 2.45) is 17.3 Å². The lowest BCUT2D eigenvalue weighted by atomic mass is 9.67. The summed E-state index contributed by atoms with van der Waals surface area (Å²) >= 11 is 0. The Kier molecular flexibility index (Phi) is 7.24. The fourth-order valence-corrected chi connectivity index (χ4v) is 9.74. The van der Waals surface area contributed by atoms with Crippen molar-refractivity contribution < 1.29 is 4.57 Å². The molecular formula is C44H55N2+. The molecule has 0 saturated carbocycles. The maximum Gasteiger partial charge on any atom is 0.233 e. The molecular weight excluding hydrogens is 556 g/mol. The van der Waals surface area contributed by atoms with Gasteiger partial charge in [-0.25, -0.2) is 4.98 Å². The van der Waals surface area contributed by atoms with E-state index in [9.17, 15) is 0 Å². The van der Waals surface area contributed by atoms with Gasteiger partial charge in [-0.05, 0) is 109 Å². The van der Waals surface area contributed by atoms with Crippen LogP contribution in [0, 0.1) is 31.1 Å². The summed E-state index contributed by atoms with van der Waals surface area (Å²) in [6.07, 6.45) is 14.5. The van der Waals surface area contributed by atoms with Gasteiger partial charge < -0.3 is 0 Å². The second-order valence-corrected chi connectivity index (χ2v) is 16.7. The molecule has 1 atom stereocenters. The number of hydrogen-bond acceptors (Lipinski definition) is 1. The van der Waals surface area contributed by atoms with E-state index < -0.39 is 0 Å². The highest BCUT2D eigenvalue weighted by Gasteiger charge is 2.58. The van der Waals surface area contributed by atoms with Gasteiger partial charge in [0.25, 0.3) is 0 Å². The van der Waals surface area contributed by atoms with Gasteiger partial charge >= 0.3 is 0 Å². The molecule has 0 amide bonds. The van der Waals surface area contributed by atoms with Crippen molar-refractivity contribution in [2.75, 3.05) is 0 Å². The van der Waals surface area contributed by atoms with Gasteiger partial charge in [-0.3, -0.25) is 0 Å². The Hall–Kier alpha value is -3.26. The monoisotopic (exact) mass is 611 g/mol. The van der Waals surface area contributed by atoms with E-state index in [1.54, 1.807) is 5.57 Å². The second kappa shape index (κ2) is 10.6. The lowest BCUT2D eigenvalue weighted by Crippen LogP contribution is -2.55. The lowest BCUT2D eigenvalue weighted by molar-refractivity contribution is -0.726. The molecule has 0 saturated heterocycles. The molecule has 0 radical (unpaired) electrons. The van der Waals surface area contributed by atoms with Gasteiger partial charge in [0, 0.05) is 23.3 Å². The van der Waals surface area contributed by atoms with Gasteiger partial charge in [-0.1, -0.05) is 97.7 Å². The number of aryl methyl sites for hydroxylation is 2. The van der Waals surface area contributed by atoms with Crippen LogP contribution in [0.25, 0.3) is 32.9 Å². The van der Waals surface area contributed by atoms with Crippen molar-refractivity contribution in [1.29, 1.82) is 0 Å². The highest BCUT2D eigenvalue weighted by Crippen LogP contribution is 2.58. The smallest absolute Gasteiger partial charge is 0.233 e. The van der Waals surface area contributed by atoms with E-state index in [1.165, 1.54) is 84.9 Å². The molecule has 2 nitrogen and oxygen atoms in total. The fraction of sp³-hybridized carbons (Fsp3) is 0.500. The van der Waals surface area contributed by atoms with E-state index in [0.717, 1.165) is 25.7 Å². The molecule has 2 aromatic heterocycles. The third-order valence-electron chi connectivity index (χ3n) is 11.8. The molecule has 1 spiro atoms. The van der Waals surface area contributed by atoms with E-state index in [0.29, 0.717) is 11.8 Å². The molecule has 2 aromatic carbocycles. The summed E-state index contributed by atoms with van der Waals surface area (Å²) in [5.41, 5.74) is 15.2. The van der Waals surface area contributed by atoms with Crippen LogP contribution in [0.5, 0.6) is 0 Å². The Balaban J connectivity index is 1.66. The SMILES string of the molecule is CCC(CC)C1=CC2(CC(C(CC)CC)=C1)c1nc3c(C)cc(C)cc3c3c1-c1c4c(cc(CC(C)(C)C)cc4cc[n+]12)C3(C)C. The zero-order valence-electron chi connectivity index (χ0n) is 30.4. The van der Waals surface area contributed by atoms with Crippen LogP contribution in [0.4, 0.5) is 0 Å². The molecule has 2 heteroatoms. The maximum absolute atomic E-state index is 5.81. The van der Waals surface area contributed by atoms with Crippen LogP contribution < -0.4 is 4.57 Å². The quantitative estimate of drug-likeness (QED) is 0.190. The number of allylic oxidation sites excluding steroid dienone is 4. The molecule has 0 fully saturated rings. The first-order valence-corrected chi connectivity index (χ1v) is 18.2. The standard InChI is InChI=1S/C44H55N2/c1-12-29(13-2)32-22-33(30(14-3)15-4)25-44(24-32)41-37-38(34-19-26(5)18-27(6)39(34)45-41)43(10,11)35-21-28(23-42(7,8)9)20-31-16-17-46(44)40(37)36(31)35/h16-22,24,29-30H,12-15,23,25H2,1-11H3/q+1. The molecule has 7 rings (SSSR count). The number of benzene rings is 2. The van der Waals surface area contributed by atoms with Gasteiger partial charge in [-0.15, -0.1) is 0 Å². The normalized spacial score (nSPS) is 19.6. The average molecular weight is 612 g/mol. The molecule has 3 heterocycles. The molecule has 1 aliphatic heterocycles. The zero-order valence-corrected chi connectivity index (χ0v) is 30.4. The lowest BCUT2D eigenvalue weighted by Gasteiger charge is -2.34. The third-order valence-corrected chi connectivity index (χ3v) is 11.8. The van der Waals surface area contributed by atoms with Crippen LogP contribution in [-0.4, -0.2) is 4.98 Å². The summed E-state index contributed by atoms with van der Waals surface area (Å²) < 4.78 is 2.69. The topological polar surface area (TPSA) is 16.8 Å². The van der Waals surface area contributed by atoms with Crippen molar-refractivity contribution in [3.8, 4) is 11.3 Å². The van der Waals surface area contributed by atoms with Gasteiger partial charge in [0.1, 0.15) is 5.69 Å². The minimum Gasteiger partial charge on any atom is -0.244 e. The van der Waals surface area contributed by atoms with Gasteiger partial charge in [0.15, 0.2) is 6.20 Å². The minimum absolute atomic E-state index is 0.167. The summed E-state index contributed by atoms with van der Waals surface area (Å²) in [6, 6.07) is 12.2. The molecule has 0 N–H and O–H groups in total. The highest BCUT2D eigenvalue weighted by molar-refractivity contribution is 6.06. The predicted molar refractivity (Wildman–Crippen MR) is 196 cm³/mol. The van der Waals surface area contributed by atoms with Crippen LogP contribution in [0.2, 0.25) is 0 Å². The number of pyridine rings is 2. The Morgan fingerprint density at radius 1 is 0.913 bits per heavy atom. The molecule has 3 aliphatic rings. The molecule has 240 valence electrons. The number of aromatic nitrogens is 2. The van der Waals surface area contributed by atoms with Crippen molar-refractivity contribution in [1.82, 2.24) is 4.98 Å².